The summed E-state index contributed by atoms with van der Waals surface area (Å²) in [7, 11) is 0. The molecule has 0 saturated carbocycles. The van der Waals surface area contributed by atoms with Crippen LogP contribution in [0, 0.1) is 0 Å². The zero-order chi connectivity index (χ0) is 13.0. The second kappa shape index (κ2) is 6.41. The molecule has 0 spiro atoms. The Kier molecular flexibility index (Phi) is 4.87. The number of hydrogen-bond donors (Lipinski definition) is 2. The molecule has 1 aliphatic heterocycles. The van der Waals surface area contributed by atoms with Gasteiger partial charge >= 0.3 is 0 Å². The zero-order valence-electron chi connectivity index (χ0n) is 10.6. The van der Waals surface area contributed by atoms with Crippen LogP contribution in [-0.2, 0) is 6.54 Å². The maximum atomic E-state index is 9.53. The van der Waals surface area contributed by atoms with Gasteiger partial charge in [-0.2, -0.15) is 0 Å². The molecule has 3 nitrogen and oxygen atoms in total. The first-order valence-corrected chi connectivity index (χ1v) is 7.00. The number of halogens is 1. The fraction of sp³-hybridized carbons (Fsp3) is 0.571. The van der Waals surface area contributed by atoms with E-state index in [1.54, 1.807) is 0 Å². The lowest BCUT2D eigenvalue weighted by Gasteiger charge is -2.31. The number of nitrogens with zero attached hydrogens (tertiary/aromatic N) is 1. The molecule has 1 unspecified atom stereocenters. The van der Waals surface area contributed by atoms with E-state index in [1.165, 1.54) is 12.8 Å². The maximum absolute atomic E-state index is 9.53. The fourth-order valence-corrected chi connectivity index (χ4v) is 2.91. The first kappa shape index (κ1) is 13.7. The van der Waals surface area contributed by atoms with E-state index in [9.17, 15) is 5.11 Å². The molecule has 0 amide bonds. The van der Waals surface area contributed by atoms with E-state index in [0.29, 0.717) is 6.54 Å². The monoisotopic (exact) mass is 268 g/mol. The maximum Gasteiger partial charge on any atom is 0.0642 e. The van der Waals surface area contributed by atoms with Gasteiger partial charge in [0.05, 0.1) is 23.4 Å². The van der Waals surface area contributed by atoms with Crippen molar-refractivity contribution in [3.8, 4) is 0 Å². The summed E-state index contributed by atoms with van der Waals surface area (Å²) in [5.74, 6) is 0. The summed E-state index contributed by atoms with van der Waals surface area (Å²) in [5.41, 5.74) is 7.68. The number of aliphatic hydroxyl groups excluding tert-OH is 1. The summed E-state index contributed by atoms with van der Waals surface area (Å²) >= 11 is 6.34. The average Bonchev–Trinajstić information content (AvgIpc) is 2.63. The second-order valence-electron chi connectivity index (χ2n) is 4.87. The van der Waals surface area contributed by atoms with Crippen molar-refractivity contribution in [1.29, 1.82) is 0 Å². The molecule has 3 N–H and O–H groups in total. The summed E-state index contributed by atoms with van der Waals surface area (Å²) in [6.45, 7) is 1.66. The Morgan fingerprint density at radius 1 is 1.33 bits per heavy atom. The van der Waals surface area contributed by atoms with Gasteiger partial charge in [-0.15, -0.1) is 0 Å². The summed E-state index contributed by atoms with van der Waals surface area (Å²) in [6.07, 6.45) is 4.60. The smallest absolute Gasteiger partial charge is 0.0642 e. The van der Waals surface area contributed by atoms with Gasteiger partial charge in [-0.25, -0.2) is 0 Å². The molecule has 1 fully saturated rings. The lowest BCUT2D eigenvalue weighted by molar-refractivity contribution is 0.255. The van der Waals surface area contributed by atoms with Gasteiger partial charge in [0.25, 0.3) is 0 Å². The fourth-order valence-electron chi connectivity index (χ4n) is 2.59. The zero-order valence-corrected chi connectivity index (χ0v) is 11.4. The van der Waals surface area contributed by atoms with Crippen LogP contribution in [0.15, 0.2) is 18.2 Å². The summed E-state index contributed by atoms with van der Waals surface area (Å²) in [6, 6.07) is 6.16. The predicted molar refractivity (Wildman–Crippen MR) is 76.0 cm³/mol. The molecular weight excluding hydrogens is 248 g/mol. The number of aliphatic hydroxyl groups is 1. The molecule has 0 radical (unpaired) electrons. The highest BCUT2D eigenvalue weighted by atomic mass is 35.5. The van der Waals surface area contributed by atoms with E-state index < -0.39 is 0 Å². The molecule has 100 valence electrons. The Morgan fingerprint density at radius 2 is 2.17 bits per heavy atom. The third kappa shape index (κ3) is 2.97. The third-order valence-electron chi connectivity index (χ3n) is 3.65. The molecule has 18 heavy (non-hydrogen) atoms. The minimum absolute atomic E-state index is 0.189. The van der Waals surface area contributed by atoms with Gasteiger partial charge in [0.1, 0.15) is 0 Å². The standard InChI is InChI=1S/C14H21ClN2O/c15-13-8-11(9-16)5-6-14(13)17-7-3-1-2-4-12(17)10-18/h5-6,8,12,18H,1-4,7,9-10,16H2. The summed E-state index contributed by atoms with van der Waals surface area (Å²) in [5, 5.41) is 10.3. The van der Waals surface area contributed by atoms with Crippen LogP contribution < -0.4 is 10.6 Å². The Morgan fingerprint density at radius 3 is 2.83 bits per heavy atom. The van der Waals surface area contributed by atoms with E-state index in [-0.39, 0.29) is 12.6 Å². The second-order valence-corrected chi connectivity index (χ2v) is 5.28. The van der Waals surface area contributed by atoms with Crippen LogP contribution in [0.2, 0.25) is 5.02 Å². The van der Waals surface area contributed by atoms with Gasteiger partial charge in [0, 0.05) is 13.1 Å². The molecule has 0 bridgehead atoms. The summed E-state index contributed by atoms with van der Waals surface area (Å²) < 4.78 is 0. The topological polar surface area (TPSA) is 49.5 Å². The van der Waals surface area contributed by atoms with Crippen LogP contribution in [0.4, 0.5) is 5.69 Å². The lowest BCUT2D eigenvalue weighted by atomic mass is 10.1. The van der Waals surface area contributed by atoms with Crippen LogP contribution in [0.25, 0.3) is 0 Å². The average molecular weight is 269 g/mol. The molecule has 1 heterocycles. The van der Waals surface area contributed by atoms with Crippen molar-refractivity contribution < 1.29 is 5.11 Å². The number of rotatable bonds is 3. The number of benzene rings is 1. The van der Waals surface area contributed by atoms with Crippen molar-refractivity contribution in [2.75, 3.05) is 18.1 Å². The van der Waals surface area contributed by atoms with E-state index in [2.05, 4.69) is 4.90 Å². The number of anilines is 1. The van der Waals surface area contributed by atoms with E-state index in [0.717, 1.165) is 35.7 Å². The predicted octanol–water partition coefficient (Wildman–Crippen LogP) is 2.54. The van der Waals surface area contributed by atoms with Crippen molar-refractivity contribution in [3.63, 3.8) is 0 Å². The van der Waals surface area contributed by atoms with Crippen molar-refractivity contribution >= 4 is 17.3 Å². The molecular formula is C14H21ClN2O. The van der Waals surface area contributed by atoms with Gasteiger partial charge in [0.2, 0.25) is 0 Å². The number of nitrogens with two attached hydrogens (primary N) is 1. The SMILES string of the molecule is NCc1ccc(N2CCCCCC2CO)c(Cl)c1. The minimum Gasteiger partial charge on any atom is -0.394 e. The van der Waals surface area contributed by atoms with Crippen LogP contribution in [-0.4, -0.2) is 24.3 Å². The Balaban J connectivity index is 2.27. The van der Waals surface area contributed by atoms with Gasteiger partial charge in [-0.05, 0) is 30.5 Å². The largest absolute Gasteiger partial charge is 0.394 e. The van der Waals surface area contributed by atoms with E-state index in [4.69, 9.17) is 17.3 Å². The van der Waals surface area contributed by atoms with Crippen molar-refractivity contribution in [2.45, 2.75) is 38.3 Å². The molecule has 4 heteroatoms. The van der Waals surface area contributed by atoms with Gasteiger partial charge in [-0.1, -0.05) is 30.5 Å². The van der Waals surface area contributed by atoms with Crippen LogP contribution >= 0.6 is 11.6 Å². The lowest BCUT2D eigenvalue weighted by Crippen LogP contribution is -2.37. The first-order valence-electron chi connectivity index (χ1n) is 6.62. The molecule has 0 aromatic heterocycles. The molecule has 1 aromatic carbocycles. The highest BCUT2D eigenvalue weighted by Crippen LogP contribution is 2.31. The molecule has 1 aromatic rings. The van der Waals surface area contributed by atoms with Crippen molar-refractivity contribution in [1.82, 2.24) is 0 Å². The normalized spacial score (nSPS) is 20.8. The Hall–Kier alpha value is -0.770. The molecule has 1 atom stereocenters. The third-order valence-corrected chi connectivity index (χ3v) is 3.95. The van der Waals surface area contributed by atoms with Crippen LogP contribution in [0.3, 0.4) is 0 Å². The minimum atomic E-state index is 0.189. The van der Waals surface area contributed by atoms with Crippen molar-refractivity contribution in [2.24, 2.45) is 5.73 Å². The quantitative estimate of drug-likeness (QED) is 0.886. The highest BCUT2D eigenvalue weighted by molar-refractivity contribution is 6.33. The van der Waals surface area contributed by atoms with Crippen molar-refractivity contribution in [3.05, 3.63) is 28.8 Å². The first-order chi connectivity index (χ1) is 8.76. The van der Waals surface area contributed by atoms with E-state index >= 15 is 0 Å². The van der Waals surface area contributed by atoms with Crippen LogP contribution in [0.5, 0.6) is 0 Å². The van der Waals surface area contributed by atoms with Gasteiger partial charge in [0.15, 0.2) is 0 Å². The molecule has 1 saturated heterocycles. The highest BCUT2D eigenvalue weighted by Gasteiger charge is 2.22. The Bertz CT molecular complexity index is 397. The van der Waals surface area contributed by atoms with Gasteiger partial charge in [-0.3, -0.25) is 0 Å². The van der Waals surface area contributed by atoms with Gasteiger partial charge < -0.3 is 15.7 Å². The molecule has 1 aliphatic rings. The van der Waals surface area contributed by atoms with E-state index in [1.807, 2.05) is 18.2 Å². The summed E-state index contributed by atoms with van der Waals surface area (Å²) in [4.78, 5) is 2.25. The van der Waals surface area contributed by atoms with Crippen LogP contribution in [0.1, 0.15) is 31.2 Å². The Labute approximate surface area is 114 Å². The molecule has 2 rings (SSSR count). The number of hydrogen-bond acceptors (Lipinski definition) is 3. The molecule has 0 aliphatic carbocycles.